The molecule has 2 aliphatic rings. The first kappa shape index (κ1) is 18.4. The monoisotopic (exact) mass is 390 g/mol. The Morgan fingerprint density at radius 2 is 1.76 bits per heavy atom. The van der Waals surface area contributed by atoms with Gasteiger partial charge in [-0.05, 0) is 24.5 Å². The first-order valence-corrected chi connectivity index (χ1v) is 10.4. The van der Waals surface area contributed by atoms with E-state index in [1.165, 1.54) is 5.56 Å². The molecule has 3 aromatic rings. The van der Waals surface area contributed by atoms with Crippen molar-refractivity contribution in [3.05, 3.63) is 71.9 Å². The maximum atomic E-state index is 13.5. The summed E-state index contributed by atoms with van der Waals surface area (Å²) in [7, 11) is 0. The molecule has 2 saturated heterocycles. The Balaban J connectivity index is 1.42. The number of aromatic nitrogens is 1. The van der Waals surface area contributed by atoms with Crippen molar-refractivity contribution in [2.75, 3.05) is 26.3 Å². The molecule has 2 aliphatic heterocycles. The number of carbonyl (C=O) groups is 1. The fraction of sp³-hybridized carbons (Fsp3) is 0.375. The summed E-state index contributed by atoms with van der Waals surface area (Å²) in [6, 6.07) is 18.5. The number of nitrogens with zero attached hydrogens (tertiary/aromatic N) is 2. The summed E-state index contributed by atoms with van der Waals surface area (Å²) in [5, 5.41) is 1.02. The van der Waals surface area contributed by atoms with Crippen LogP contribution in [0, 0.1) is 5.92 Å². The van der Waals surface area contributed by atoms with Gasteiger partial charge in [0.2, 0.25) is 0 Å². The van der Waals surface area contributed by atoms with Gasteiger partial charge in [0, 0.05) is 42.7 Å². The highest BCUT2D eigenvalue weighted by Gasteiger charge is 2.33. The predicted octanol–water partition coefficient (Wildman–Crippen LogP) is 3.91. The van der Waals surface area contributed by atoms with E-state index in [9.17, 15) is 4.79 Å². The van der Waals surface area contributed by atoms with Crippen molar-refractivity contribution in [2.45, 2.75) is 25.7 Å². The minimum atomic E-state index is -0.162. The van der Waals surface area contributed by atoms with E-state index in [-0.39, 0.29) is 18.1 Å². The molecule has 3 heterocycles. The van der Waals surface area contributed by atoms with Gasteiger partial charge in [-0.15, -0.1) is 0 Å². The molecule has 150 valence electrons. The maximum absolute atomic E-state index is 13.5. The zero-order valence-corrected chi connectivity index (χ0v) is 16.5. The molecule has 5 rings (SSSR count). The second kappa shape index (κ2) is 8.01. The van der Waals surface area contributed by atoms with Gasteiger partial charge in [-0.1, -0.05) is 48.5 Å². The van der Waals surface area contributed by atoms with Gasteiger partial charge < -0.3 is 18.9 Å². The van der Waals surface area contributed by atoms with Crippen LogP contribution < -0.4 is 0 Å². The first-order valence-electron chi connectivity index (χ1n) is 10.4. The Labute approximate surface area is 170 Å². The average Bonchev–Trinajstić information content (AvgIpc) is 3.43. The number of para-hydroxylation sites is 1. The van der Waals surface area contributed by atoms with Gasteiger partial charge in [-0.3, -0.25) is 4.79 Å². The number of hydrogen-bond donors (Lipinski definition) is 0. The van der Waals surface area contributed by atoms with Crippen LogP contribution in [-0.2, 0) is 16.0 Å². The molecule has 0 bridgehead atoms. The molecule has 1 atom stereocenters. The second-order valence-electron chi connectivity index (χ2n) is 7.94. The van der Waals surface area contributed by atoms with Gasteiger partial charge in [0.25, 0.3) is 5.91 Å². The first-order chi connectivity index (χ1) is 14.3. The van der Waals surface area contributed by atoms with Crippen molar-refractivity contribution in [3.63, 3.8) is 0 Å². The minimum Gasteiger partial charge on any atom is -0.350 e. The molecular weight excluding hydrogens is 364 g/mol. The van der Waals surface area contributed by atoms with E-state index in [0.29, 0.717) is 19.8 Å². The van der Waals surface area contributed by atoms with E-state index in [2.05, 4.69) is 28.8 Å². The summed E-state index contributed by atoms with van der Waals surface area (Å²) >= 11 is 0. The zero-order valence-electron chi connectivity index (χ0n) is 16.5. The number of rotatable bonds is 4. The van der Waals surface area contributed by atoms with Crippen LogP contribution >= 0.6 is 0 Å². The number of carbonyl (C=O) groups excluding carboxylic acids is 1. The van der Waals surface area contributed by atoms with Crippen molar-refractivity contribution in [3.8, 4) is 0 Å². The summed E-state index contributed by atoms with van der Waals surface area (Å²) in [5.41, 5.74) is 3.10. The number of ether oxygens (including phenoxy) is 2. The SMILES string of the molecule is O=C(c1cn(Cc2ccccc2)c2ccccc12)N1CCCC(C2OCCO2)C1. The number of benzene rings is 2. The summed E-state index contributed by atoms with van der Waals surface area (Å²) in [4.78, 5) is 15.5. The highest BCUT2D eigenvalue weighted by Crippen LogP contribution is 2.28. The lowest BCUT2D eigenvalue weighted by molar-refractivity contribution is -0.0969. The minimum absolute atomic E-state index is 0.107. The van der Waals surface area contributed by atoms with Crippen LogP contribution in [0.25, 0.3) is 10.9 Å². The molecule has 0 radical (unpaired) electrons. The van der Waals surface area contributed by atoms with Crippen molar-refractivity contribution >= 4 is 16.8 Å². The van der Waals surface area contributed by atoms with Crippen LogP contribution in [0.2, 0.25) is 0 Å². The molecule has 2 aromatic carbocycles. The largest absolute Gasteiger partial charge is 0.350 e. The van der Waals surface area contributed by atoms with Crippen LogP contribution in [0.1, 0.15) is 28.8 Å². The summed E-state index contributed by atoms with van der Waals surface area (Å²) in [6.07, 6.45) is 3.89. The fourth-order valence-electron chi connectivity index (χ4n) is 4.56. The number of amides is 1. The van der Waals surface area contributed by atoms with Gasteiger partial charge >= 0.3 is 0 Å². The van der Waals surface area contributed by atoms with Crippen LogP contribution in [-0.4, -0.2) is 48.0 Å². The van der Waals surface area contributed by atoms with Crippen LogP contribution in [0.5, 0.6) is 0 Å². The molecule has 1 aromatic heterocycles. The van der Waals surface area contributed by atoms with E-state index in [1.54, 1.807) is 0 Å². The Morgan fingerprint density at radius 1 is 1.00 bits per heavy atom. The number of piperidine rings is 1. The molecule has 0 spiro atoms. The molecule has 0 N–H and O–H groups in total. The normalized spacial score (nSPS) is 20.4. The lowest BCUT2D eigenvalue weighted by atomic mass is 9.96. The fourth-order valence-corrected chi connectivity index (χ4v) is 4.56. The Morgan fingerprint density at radius 3 is 2.59 bits per heavy atom. The summed E-state index contributed by atoms with van der Waals surface area (Å²) in [6.45, 7) is 3.55. The van der Waals surface area contributed by atoms with E-state index in [0.717, 1.165) is 42.4 Å². The quantitative estimate of drug-likeness (QED) is 0.678. The molecule has 1 unspecified atom stereocenters. The highest BCUT2D eigenvalue weighted by molar-refractivity contribution is 6.07. The van der Waals surface area contributed by atoms with E-state index in [1.807, 2.05) is 41.4 Å². The smallest absolute Gasteiger partial charge is 0.256 e. The molecular formula is C24H26N2O3. The second-order valence-corrected chi connectivity index (χ2v) is 7.94. The summed E-state index contributed by atoms with van der Waals surface area (Å²) in [5.74, 6) is 0.364. The third-order valence-electron chi connectivity index (χ3n) is 5.99. The van der Waals surface area contributed by atoms with Crippen molar-refractivity contribution in [1.82, 2.24) is 9.47 Å². The van der Waals surface area contributed by atoms with Gasteiger partial charge in [0.15, 0.2) is 6.29 Å². The topological polar surface area (TPSA) is 43.7 Å². The van der Waals surface area contributed by atoms with Gasteiger partial charge in [0.05, 0.1) is 18.8 Å². The number of fused-ring (bicyclic) bond motifs is 1. The highest BCUT2D eigenvalue weighted by atomic mass is 16.7. The van der Waals surface area contributed by atoms with E-state index < -0.39 is 0 Å². The molecule has 5 nitrogen and oxygen atoms in total. The molecule has 0 saturated carbocycles. The summed E-state index contributed by atoms with van der Waals surface area (Å²) < 4.78 is 13.6. The Kier molecular flexibility index (Phi) is 5.08. The van der Waals surface area contributed by atoms with Gasteiger partial charge in [-0.2, -0.15) is 0 Å². The average molecular weight is 390 g/mol. The Bertz CT molecular complexity index is 992. The van der Waals surface area contributed by atoms with Crippen LogP contribution in [0.15, 0.2) is 60.8 Å². The molecule has 2 fully saturated rings. The number of hydrogen-bond acceptors (Lipinski definition) is 3. The van der Waals surface area contributed by atoms with Crippen molar-refractivity contribution < 1.29 is 14.3 Å². The maximum Gasteiger partial charge on any atom is 0.256 e. The standard InChI is InChI=1S/C24H26N2O3/c27-23(25-12-6-9-19(16-25)24-28-13-14-29-24)21-17-26(15-18-7-2-1-3-8-18)22-11-5-4-10-20(21)22/h1-5,7-8,10-11,17,19,24H,6,9,12-16H2. The van der Waals surface area contributed by atoms with E-state index in [4.69, 9.17) is 9.47 Å². The van der Waals surface area contributed by atoms with Crippen molar-refractivity contribution in [1.29, 1.82) is 0 Å². The van der Waals surface area contributed by atoms with Gasteiger partial charge in [0.1, 0.15) is 0 Å². The molecule has 1 amide bonds. The molecule has 5 heteroatoms. The number of likely N-dealkylation sites (tertiary alicyclic amines) is 1. The third-order valence-corrected chi connectivity index (χ3v) is 5.99. The zero-order chi connectivity index (χ0) is 19.6. The Hall–Kier alpha value is -2.63. The molecule has 0 aliphatic carbocycles. The lowest BCUT2D eigenvalue weighted by Gasteiger charge is -2.34. The van der Waals surface area contributed by atoms with Crippen molar-refractivity contribution in [2.24, 2.45) is 5.92 Å². The lowest BCUT2D eigenvalue weighted by Crippen LogP contribution is -2.43. The van der Waals surface area contributed by atoms with E-state index >= 15 is 0 Å². The molecule has 29 heavy (non-hydrogen) atoms. The third kappa shape index (κ3) is 3.68. The van der Waals surface area contributed by atoms with Crippen LogP contribution in [0.3, 0.4) is 0 Å². The van der Waals surface area contributed by atoms with Crippen LogP contribution in [0.4, 0.5) is 0 Å². The predicted molar refractivity (Wildman–Crippen MR) is 112 cm³/mol. The van der Waals surface area contributed by atoms with Gasteiger partial charge in [-0.25, -0.2) is 0 Å².